The van der Waals surface area contributed by atoms with Gasteiger partial charge in [-0.2, -0.15) is 5.10 Å². The van der Waals surface area contributed by atoms with Gasteiger partial charge in [0.05, 0.1) is 6.54 Å². The highest BCUT2D eigenvalue weighted by atomic mass is 32.1. The maximum Gasteiger partial charge on any atom is 0.244 e. The van der Waals surface area contributed by atoms with Gasteiger partial charge in [0.1, 0.15) is 0 Å². The van der Waals surface area contributed by atoms with E-state index in [9.17, 15) is 4.79 Å². The third-order valence-electron chi connectivity index (χ3n) is 2.90. The number of hydrogen-bond donors (Lipinski definition) is 2. The highest BCUT2D eigenvalue weighted by molar-refractivity contribution is 7.71. The van der Waals surface area contributed by atoms with E-state index >= 15 is 0 Å². The van der Waals surface area contributed by atoms with Crippen LogP contribution >= 0.6 is 12.2 Å². The number of carbonyl (C=O) groups is 1. The molecule has 2 aromatic rings. The molecule has 6 nitrogen and oxygen atoms in total. The SMILES string of the molecule is CCn1c(CNC(=O)C=Cc2cncc(C)c2)n[nH]c1=S. The van der Waals surface area contributed by atoms with Crippen molar-refractivity contribution in [2.75, 3.05) is 0 Å². The maximum absolute atomic E-state index is 11.8. The molecule has 21 heavy (non-hydrogen) atoms. The summed E-state index contributed by atoms with van der Waals surface area (Å²) in [5.74, 6) is 0.523. The van der Waals surface area contributed by atoms with Gasteiger partial charge in [0.25, 0.3) is 0 Å². The Balaban J connectivity index is 1.94. The second-order valence-electron chi connectivity index (χ2n) is 4.54. The van der Waals surface area contributed by atoms with E-state index in [1.807, 2.05) is 24.5 Å². The molecule has 0 bridgehead atoms. The summed E-state index contributed by atoms with van der Waals surface area (Å²) in [7, 11) is 0. The first-order chi connectivity index (χ1) is 10.1. The van der Waals surface area contributed by atoms with E-state index in [0.717, 1.165) is 11.1 Å². The van der Waals surface area contributed by atoms with Crippen molar-refractivity contribution in [2.24, 2.45) is 0 Å². The van der Waals surface area contributed by atoms with Crippen molar-refractivity contribution in [3.8, 4) is 0 Å². The van der Waals surface area contributed by atoms with Crippen LogP contribution in [0, 0.1) is 11.7 Å². The van der Waals surface area contributed by atoms with Gasteiger partial charge < -0.3 is 9.88 Å². The Labute approximate surface area is 127 Å². The summed E-state index contributed by atoms with van der Waals surface area (Å²) in [6, 6.07) is 1.96. The van der Waals surface area contributed by atoms with Crippen LogP contribution < -0.4 is 5.32 Å². The first-order valence-corrected chi connectivity index (χ1v) is 7.02. The van der Waals surface area contributed by atoms with Crippen LogP contribution in [-0.4, -0.2) is 25.7 Å². The van der Waals surface area contributed by atoms with Gasteiger partial charge in [0, 0.05) is 25.0 Å². The lowest BCUT2D eigenvalue weighted by Gasteiger charge is -2.03. The number of aromatic amines is 1. The van der Waals surface area contributed by atoms with Crippen molar-refractivity contribution >= 4 is 24.2 Å². The van der Waals surface area contributed by atoms with Crippen LogP contribution in [0.1, 0.15) is 23.9 Å². The minimum Gasteiger partial charge on any atom is -0.345 e. The van der Waals surface area contributed by atoms with Gasteiger partial charge in [-0.1, -0.05) is 0 Å². The van der Waals surface area contributed by atoms with Crippen LogP contribution in [0.5, 0.6) is 0 Å². The monoisotopic (exact) mass is 303 g/mol. The molecule has 7 heteroatoms. The summed E-state index contributed by atoms with van der Waals surface area (Å²) in [4.78, 5) is 15.9. The molecule has 0 spiro atoms. The summed E-state index contributed by atoms with van der Waals surface area (Å²) >= 11 is 5.09. The number of aryl methyl sites for hydroxylation is 1. The molecule has 0 aliphatic heterocycles. The molecule has 0 unspecified atom stereocenters. The fraction of sp³-hybridized carbons (Fsp3) is 0.286. The van der Waals surface area contributed by atoms with E-state index in [1.54, 1.807) is 18.5 Å². The zero-order chi connectivity index (χ0) is 15.2. The molecule has 1 amide bonds. The zero-order valence-corrected chi connectivity index (χ0v) is 12.8. The number of carbonyl (C=O) groups excluding carboxylic acids is 1. The van der Waals surface area contributed by atoms with Crippen LogP contribution in [-0.2, 0) is 17.9 Å². The summed E-state index contributed by atoms with van der Waals surface area (Å²) in [6.07, 6.45) is 6.68. The lowest BCUT2D eigenvalue weighted by Crippen LogP contribution is -2.22. The van der Waals surface area contributed by atoms with E-state index < -0.39 is 0 Å². The summed E-state index contributed by atoms with van der Waals surface area (Å²) in [5, 5.41) is 9.58. The fourth-order valence-electron chi connectivity index (χ4n) is 1.88. The normalized spacial score (nSPS) is 11.0. The Morgan fingerprint density at radius 1 is 1.52 bits per heavy atom. The van der Waals surface area contributed by atoms with Crippen LogP contribution in [0.3, 0.4) is 0 Å². The van der Waals surface area contributed by atoms with Crippen molar-refractivity contribution in [1.82, 2.24) is 25.1 Å². The molecule has 2 heterocycles. The van der Waals surface area contributed by atoms with E-state index in [2.05, 4.69) is 20.5 Å². The highest BCUT2D eigenvalue weighted by Crippen LogP contribution is 2.03. The molecule has 0 aliphatic carbocycles. The molecule has 0 aliphatic rings. The van der Waals surface area contributed by atoms with Crippen molar-refractivity contribution in [2.45, 2.75) is 26.9 Å². The number of H-pyrrole nitrogens is 1. The maximum atomic E-state index is 11.8. The molecule has 2 rings (SSSR count). The largest absolute Gasteiger partial charge is 0.345 e. The van der Waals surface area contributed by atoms with E-state index in [0.29, 0.717) is 23.7 Å². The van der Waals surface area contributed by atoms with Gasteiger partial charge in [-0.15, -0.1) is 0 Å². The lowest BCUT2D eigenvalue weighted by atomic mass is 10.2. The van der Waals surface area contributed by atoms with Gasteiger partial charge in [-0.25, -0.2) is 0 Å². The number of rotatable bonds is 5. The third-order valence-corrected chi connectivity index (χ3v) is 3.21. The Morgan fingerprint density at radius 2 is 2.33 bits per heavy atom. The number of aromatic nitrogens is 4. The molecule has 0 saturated carbocycles. The third kappa shape index (κ3) is 4.09. The first kappa shape index (κ1) is 15.1. The van der Waals surface area contributed by atoms with E-state index in [4.69, 9.17) is 12.2 Å². The summed E-state index contributed by atoms with van der Waals surface area (Å²) < 4.78 is 2.40. The number of nitrogens with zero attached hydrogens (tertiary/aromatic N) is 3. The van der Waals surface area contributed by atoms with Crippen LogP contribution in [0.4, 0.5) is 0 Å². The molecule has 110 valence electrons. The molecular weight excluding hydrogens is 286 g/mol. The summed E-state index contributed by atoms with van der Waals surface area (Å²) in [6.45, 7) is 4.97. The molecular formula is C14H17N5OS. The number of pyridine rings is 1. The van der Waals surface area contributed by atoms with Crippen molar-refractivity contribution < 1.29 is 4.79 Å². The van der Waals surface area contributed by atoms with Crippen LogP contribution in [0.25, 0.3) is 6.08 Å². The molecule has 2 N–H and O–H groups in total. The average Bonchev–Trinajstić information content (AvgIpc) is 2.83. The van der Waals surface area contributed by atoms with Gasteiger partial charge in [0.15, 0.2) is 10.6 Å². The van der Waals surface area contributed by atoms with Crippen molar-refractivity contribution in [1.29, 1.82) is 0 Å². The lowest BCUT2D eigenvalue weighted by molar-refractivity contribution is -0.116. The standard InChI is InChI=1S/C14H17N5OS/c1-3-19-12(17-18-14(19)21)9-16-13(20)5-4-11-6-10(2)7-15-8-11/h4-8H,3,9H2,1-2H3,(H,16,20)(H,18,21). The van der Waals surface area contributed by atoms with Gasteiger partial charge in [0.2, 0.25) is 5.91 Å². The smallest absolute Gasteiger partial charge is 0.244 e. The average molecular weight is 303 g/mol. The number of hydrogen-bond acceptors (Lipinski definition) is 4. The highest BCUT2D eigenvalue weighted by Gasteiger charge is 2.05. The minimum atomic E-state index is -0.187. The van der Waals surface area contributed by atoms with Crippen LogP contribution in [0.2, 0.25) is 0 Å². The molecule has 0 fully saturated rings. The Morgan fingerprint density at radius 3 is 3.05 bits per heavy atom. The second-order valence-corrected chi connectivity index (χ2v) is 4.92. The fourth-order valence-corrected chi connectivity index (χ4v) is 2.16. The predicted molar refractivity (Wildman–Crippen MR) is 82.9 cm³/mol. The molecule has 0 aromatic carbocycles. The van der Waals surface area contributed by atoms with E-state index in [-0.39, 0.29) is 5.91 Å². The Bertz CT molecular complexity index is 716. The quantitative estimate of drug-likeness (QED) is 0.654. The second kappa shape index (κ2) is 6.94. The molecule has 0 radical (unpaired) electrons. The number of amides is 1. The van der Waals surface area contributed by atoms with Crippen molar-refractivity contribution in [3.05, 3.63) is 46.3 Å². The summed E-state index contributed by atoms with van der Waals surface area (Å²) in [5.41, 5.74) is 1.94. The first-order valence-electron chi connectivity index (χ1n) is 6.61. The van der Waals surface area contributed by atoms with Gasteiger partial charge >= 0.3 is 0 Å². The van der Waals surface area contributed by atoms with E-state index in [1.165, 1.54) is 6.08 Å². The zero-order valence-electron chi connectivity index (χ0n) is 12.0. The van der Waals surface area contributed by atoms with Crippen LogP contribution in [0.15, 0.2) is 24.5 Å². The Kier molecular flexibility index (Phi) is 4.99. The van der Waals surface area contributed by atoms with Gasteiger partial charge in [-0.05, 0) is 49.3 Å². The molecule has 0 atom stereocenters. The minimum absolute atomic E-state index is 0.187. The predicted octanol–water partition coefficient (Wildman–Crippen LogP) is 1.99. The van der Waals surface area contributed by atoms with Gasteiger partial charge in [-0.3, -0.25) is 14.9 Å². The Hall–Kier alpha value is -2.28. The molecule has 2 aromatic heterocycles. The topological polar surface area (TPSA) is 75.6 Å². The van der Waals surface area contributed by atoms with Crippen molar-refractivity contribution in [3.63, 3.8) is 0 Å². The molecule has 0 saturated heterocycles. The number of nitrogens with one attached hydrogen (secondary N) is 2.